The first-order valence-corrected chi connectivity index (χ1v) is 6.74. The second-order valence-corrected chi connectivity index (χ2v) is 4.84. The highest BCUT2D eigenvalue weighted by Gasteiger charge is 2.06. The molecular weight excluding hydrogens is 260 g/mol. The molecule has 0 saturated heterocycles. The number of hydrogen-bond donors (Lipinski definition) is 0. The monoisotopic (exact) mass is 272 g/mol. The van der Waals surface area contributed by atoms with E-state index in [4.69, 9.17) is 0 Å². The smallest absolute Gasteiger partial charge is 0.186 e. The van der Waals surface area contributed by atoms with Gasteiger partial charge < -0.3 is 0 Å². The molecule has 0 bridgehead atoms. The minimum absolute atomic E-state index is 0.673. The van der Waals surface area contributed by atoms with E-state index in [0.717, 1.165) is 16.7 Å². The zero-order chi connectivity index (χ0) is 13.1. The number of rotatable bonds is 4. The summed E-state index contributed by atoms with van der Waals surface area (Å²) < 4.78 is 3.51. The predicted molar refractivity (Wildman–Crippen MR) is 71.9 cm³/mol. The van der Waals surface area contributed by atoms with Crippen molar-refractivity contribution in [3.63, 3.8) is 0 Å². The molecule has 0 aliphatic carbocycles. The number of thioether (sulfide) groups is 1. The van der Waals surface area contributed by atoms with Gasteiger partial charge in [0.15, 0.2) is 11.0 Å². The molecule has 2 heterocycles. The summed E-state index contributed by atoms with van der Waals surface area (Å²) in [5.41, 5.74) is 1.00. The number of nitrogens with zero attached hydrogens (tertiary/aromatic N) is 6. The predicted octanol–water partition coefficient (Wildman–Crippen LogP) is 1.69. The molecule has 1 aromatic carbocycles. The van der Waals surface area contributed by atoms with Crippen LogP contribution < -0.4 is 0 Å². The van der Waals surface area contributed by atoms with Crippen LogP contribution in [0.4, 0.5) is 0 Å². The fourth-order valence-electron chi connectivity index (χ4n) is 1.61. The Labute approximate surface area is 114 Å². The van der Waals surface area contributed by atoms with Crippen LogP contribution in [0.3, 0.4) is 0 Å². The minimum atomic E-state index is 0.673. The largest absolute Gasteiger partial charge is 0.244 e. The molecule has 0 unspecified atom stereocenters. The molecular formula is C12H12N6S. The zero-order valence-corrected chi connectivity index (χ0v) is 11.2. The third kappa shape index (κ3) is 2.65. The molecule has 7 heteroatoms. The average molecular weight is 272 g/mol. The SMILES string of the molecule is Cn1ncnc1SCc1ncn(-c2ccccc2)n1. The molecule has 3 aromatic rings. The van der Waals surface area contributed by atoms with E-state index < -0.39 is 0 Å². The molecule has 6 nitrogen and oxygen atoms in total. The summed E-state index contributed by atoms with van der Waals surface area (Å²) >= 11 is 1.57. The van der Waals surface area contributed by atoms with Crippen LogP contribution in [0.2, 0.25) is 0 Å². The lowest BCUT2D eigenvalue weighted by Crippen LogP contribution is -1.96. The third-order valence-corrected chi connectivity index (χ3v) is 3.59. The van der Waals surface area contributed by atoms with Crippen LogP contribution in [0.1, 0.15) is 5.82 Å². The van der Waals surface area contributed by atoms with Gasteiger partial charge in [-0.2, -0.15) is 10.2 Å². The number of benzene rings is 1. The second kappa shape index (κ2) is 5.23. The van der Waals surface area contributed by atoms with E-state index in [9.17, 15) is 0 Å². The molecule has 0 spiro atoms. The molecule has 0 aliphatic rings. The van der Waals surface area contributed by atoms with Crippen molar-refractivity contribution in [2.45, 2.75) is 10.9 Å². The van der Waals surface area contributed by atoms with Crippen LogP contribution in [0.15, 0.2) is 48.1 Å². The van der Waals surface area contributed by atoms with E-state index in [-0.39, 0.29) is 0 Å². The van der Waals surface area contributed by atoms with E-state index in [2.05, 4.69) is 20.2 Å². The van der Waals surface area contributed by atoms with Gasteiger partial charge >= 0.3 is 0 Å². The van der Waals surface area contributed by atoms with Crippen molar-refractivity contribution in [1.82, 2.24) is 29.5 Å². The topological polar surface area (TPSA) is 61.4 Å². The summed E-state index contributed by atoms with van der Waals surface area (Å²) in [6.07, 6.45) is 3.26. The Balaban J connectivity index is 1.70. The molecule has 0 saturated carbocycles. The normalized spacial score (nSPS) is 10.8. The number of para-hydroxylation sites is 1. The van der Waals surface area contributed by atoms with Crippen LogP contribution in [0.5, 0.6) is 0 Å². The average Bonchev–Trinajstić information content (AvgIpc) is 3.06. The van der Waals surface area contributed by atoms with Crippen LogP contribution in [-0.2, 0) is 12.8 Å². The summed E-state index contributed by atoms with van der Waals surface area (Å²) in [6.45, 7) is 0. The maximum atomic E-state index is 4.44. The van der Waals surface area contributed by atoms with Crippen molar-refractivity contribution in [1.29, 1.82) is 0 Å². The van der Waals surface area contributed by atoms with Crippen molar-refractivity contribution >= 4 is 11.8 Å². The minimum Gasteiger partial charge on any atom is -0.244 e. The lowest BCUT2D eigenvalue weighted by atomic mass is 10.3. The lowest BCUT2D eigenvalue weighted by molar-refractivity contribution is 0.685. The molecule has 0 amide bonds. The van der Waals surface area contributed by atoms with Gasteiger partial charge in [0.2, 0.25) is 0 Å². The van der Waals surface area contributed by atoms with Crippen LogP contribution in [0, 0.1) is 0 Å². The summed E-state index contributed by atoms with van der Waals surface area (Å²) in [5.74, 6) is 1.45. The first-order chi connectivity index (χ1) is 9.33. The maximum Gasteiger partial charge on any atom is 0.186 e. The van der Waals surface area contributed by atoms with E-state index in [1.807, 2.05) is 37.4 Å². The third-order valence-electron chi connectivity index (χ3n) is 2.56. The fourth-order valence-corrected chi connectivity index (χ4v) is 2.36. The molecule has 2 aromatic heterocycles. The van der Waals surface area contributed by atoms with Gasteiger partial charge in [-0.25, -0.2) is 19.3 Å². The fraction of sp³-hybridized carbons (Fsp3) is 0.167. The Morgan fingerprint density at radius 1 is 1.16 bits per heavy atom. The van der Waals surface area contributed by atoms with E-state index >= 15 is 0 Å². The van der Waals surface area contributed by atoms with Crippen molar-refractivity contribution in [2.75, 3.05) is 0 Å². The van der Waals surface area contributed by atoms with Gasteiger partial charge in [0.25, 0.3) is 0 Å². The van der Waals surface area contributed by atoms with Gasteiger partial charge in [-0.15, -0.1) is 0 Å². The Bertz CT molecular complexity index is 660. The quantitative estimate of drug-likeness (QED) is 0.676. The first kappa shape index (κ1) is 11.9. The molecule has 0 atom stereocenters. The van der Waals surface area contributed by atoms with Crippen LogP contribution in [0.25, 0.3) is 5.69 Å². The van der Waals surface area contributed by atoms with Crippen molar-refractivity contribution < 1.29 is 0 Å². The van der Waals surface area contributed by atoms with Gasteiger partial charge in [0.1, 0.15) is 12.7 Å². The van der Waals surface area contributed by atoms with Crippen LogP contribution in [-0.4, -0.2) is 29.5 Å². The Hall–Kier alpha value is -2.15. The number of aryl methyl sites for hydroxylation is 1. The number of hydrogen-bond acceptors (Lipinski definition) is 5. The molecule has 0 aliphatic heterocycles. The highest BCUT2D eigenvalue weighted by atomic mass is 32.2. The van der Waals surface area contributed by atoms with Crippen LogP contribution >= 0.6 is 11.8 Å². The molecule has 96 valence electrons. The van der Waals surface area contributed by atoms with Gasteiger partial charge in [-0.1, -0.05) is 30.0 Å². The first-order valence-electron chi connectivity index (χ1n) is 5.76. The maximum absolute atomic E-state index is 4.44. The Morgan fingerprint density at radius 2 is 2.00 bits per heavy atom. The van der Waals surface area contributed by atoms with Crippen molar-refractivity contribution in [2.24, 2.45) is 7.05 Å². The standard InChI is InChI=1S/C12H12N6S/c1-17-12(13-8-15-17)19-7-11-14-9-18(16-11)10-5-3-2-4-6-10/h2-6,8-9H,7H2,1H3. The molecule has 19 heavy (non-hydrogen) atoms. The summed E-state index contributed by atoms with van der Waals surface area (Å²) in [7, 11) is 1.87. The highest BCUT2D eigenvalue weighted by Crippen LogP contribution is 2.17. The highest BCUT2D eigenvalue weighted by molar-refractivity contribution is 7.98. The zero-order valence-electron chi connectivity index (χ0n) is 10.3. The van der Waals surface area contributed by atoms with Gasteiger partial charge in [0, 0.05) is 7.05 Å². The summed E-state index contributed by atoms with van der Waals surface area (Å²) in [5, 5.41) is 9.31. The van der Waals surface area contributed by atoms with Gasteiger partial charge in [-0.3, -0.25) is 0 Å². The lowest BCUT2D eigenvalue weighted by Gasteiger charge is -1.98. The number of aromatic nitrogens is 6. The molecule has 0 radical (unpaired) electrons. The molecule has 3 rings (SSSR count). The second-order valence-electron chi connectivity index (χ2n) is 3.90. The molecule has 0 N–H and O–H groups in total. The molecule has 0 fully saturated rings. The van der Waals surface area contributed by atoms with Crippen molar-refractivity contribution in [3.05, 3.63) is 48.8 Å². The summed E-state index contributed by atoms with van der Waals surface area (Å²) in [6, 6.07) is 9.92. The van der Waals surface area contributed by atoms with Crippen molar-refractivity contribution in [3.8, 4) is 5.69 Å². The van der Waals surface area contributed by atoms with Gasteiger partial charge in [0.05, 0.1) is 11.4 Å². The summed E-state index contributed by atoms with van der Waals surface area (Å²) in [4.78, 5) is 8.44. The Kier molecular flexibility index (Phi) is 3.28. The van der Waals surface area contributed by atoms with E-state index in [1.165, 1.54) is 0 Å². The van der Waals surface area contributed by atoms with Gasteiger partial charge in [-0.05, 0) is 12.1 Å². The van der Waals surface area contributed by atoms with E-state index in [0.29, 0.717) is 5.75 Å². The van der Waals surface area contributed by atoms with E-state index in [1.54, 1.807) is 33.8 Å². The Morgan fingerprint density at radius 3 is 2.74 bits per heavy atom.